The Kier molecular flexibility index (Phi) is 5.35. The SMILES string of the molecule is COC(=O)[C@@H]1[C@H](C(=O)OC)[C@@H](C(C)C)N[C@H]1C(C)C. The van der Waals surface area contributed by atoms with Gasteiger partial charge < -0.3 is 14.8 Å². The van der Waals surface area contributed by atoms with Crippen LogP contribution in [0.2, 0.25) is 0 Å². The van der Waals surface area contributed by atoms with Gasteiger partial charge in [0.15, 0.2) is 0 Å². The summed E-state index contributed by atoms with van der Waals surface area (Å²) in [6.45, 7) is 8.13. The van der Waals surface area contributed by atoms with E-state index in [0.717, 1.165) is 0 Å². The summed E-state index contributed by atoms with van der Waals surface area (Å²) >= 11 is 0. The summed E-state index contributed by atoms with van der Waals surface area (Å²) in [6, 6.07) is -0.132. The summed E-state index contributed by atoms with van der Waals surface area (Å²) in [6.07, 6.45) is 0. The Morgan fingerprint density at radius 3 is 1.37 bits per heavy atom. The van der Waals surface area contributed by atoms with Crippen LogP contribution in [0.25, 0.3) is 0 Å². The lowest BCUT2D eigenvalue weighted by atomic mass is 9.80. The van der Waals surface area contributed by atoms with Crippen molar-refractivity contribution in [3.05, 3.63) is 0 Å². The van der Waals surface area contributed by atoms with E-state index < -0.39 is 11.8 Å². The molecular weight excluding hydrogens is 246 g/mol. The van der Waals surface area contributed by atoms with Crippen LogP contribution in [0, 0.1) is 23.7 Å². The second-order valence-electron chi connectivity index (χ2n) is 5.80. The van der Waals surface area contributed by atoms with Gasteiger partial charge in [0.1, 0.15) is 0 Å². The lowest BCUT2D eigenvalue weighted by Crippen LogP contribution is -2.39. The number of carbonyl (C=O) groups is 2. The third-order valence-electron chi connectivity index (χ3n) is 3.93. The minimum absolute atomic E-state index is 0.0658. The van der Waals surface area contributed by atoms with E-state index in [1.807, 2.05) is 27.7 Å². The number of ether oxygens (including phenoxy) is 2. The van der Waals surface area contributed by atoms with Crippen molar-refractivity contribution < 1.29 is 19.1 Å². The van der Waals surface area contributed by atoms with Crippen molar-refractivity contribution in [1.29, 1.82) is 0 Å². The maximum Gasteiger partial charge on any atom is 0.311 e. The zero-order valence-corrected chi connectivity index (χ0v) is 12.6. The zero-order valence-electron chi connectivity index (χ0n) is 12.6. The predicted octanol–water partition coefficient (Wildman–Crippen LogP) is 1.22. The average molecular weight is 271 g/mol. The molecule has 19 heavy (non-hydrogen) atoms. The van der Waals surface area contributed by atoms with Crippen LogP contribution in [-0.4, -0.2) is 38.2 Å². The minimum atomic E-state index is -0.482. The van der Waals surface area contributed by atoms with Gasteiger partial charge in [-0.3, -0.25) is 9.59 Å². The fourth-order valence-electron chi connectivity index (χ4n) is 2.95. The average Bonchev–Trinajstić information content (AvgIpc) is 2.77. The highest BCUT2D eigenvalue weighted by Gasteiger charge is 2.53. The summed E-state index contributed by atoms with van der Waals surface area (Å²) in [5.41, 5.74) is 0. The summed E-state index contributed by atoms with van der Waals surface area (Å²) in [4.78, 5) is 24.1. The number of rotatable bonds is 4. The first kappa shape index (κ1) is 16.0. The van der Waals surface area contributed by atoms with Crippen molar-refractivity contribution in [2.24, 2.45) is 23.7 Å². The molecule has 1 aliphatic heterocycles. The highest BCUT2D eigenvalue weighted by Crippen LogP contribution is 2.36. The number of nitrogens with one attached hydrogen (secondary N) is 1. The molecule has 1 N–H and O–H groups in total. The molecule has 110 valence electrons. The lowest BCUT2D eigenvalue weighted by Gasteiger charge is -2.23. The van der Waals surface area contributed by atoms with Gasteiger partial charge in [0.05, 0.1) is 26.1 Å². The smallest absolute Gasteiger partial charge is 0.311 e. The normalized spacial score (nSPS) is 30.7. The van der Waals surface area contributed by atoms with Crippen LogP contribution in [0.15, 0.2) is 0 Å². The molecule has 5 heteroatoms. The Morgan fingerprint density at radius 1 is 0.842 bits per heavy atom. The molecule has 0 unspecified atom stereocenters. The standard InChI is InChI=1S/C14H25NO4/c1-7(2)11-9(13(16)18-5)10(14(17)19-6)12(15-11)8(3)4/h7-12,15H,1-6H3/t9-,10+,11+,12-. The number of hydrogen-bond donors (Lipinski definition) is 1. The molecule has 0 spiro atoms. The van der Waals surface area contributed by atoms with Crippen LogP contribution < -0.4 is 5.32 Å². The highest BCUT2D eigenvalue weighted by atomic mass is 16.5. The van der Waals surface area contributed by atoms with Gasteiger partial charge in [-0.25, -0.2) is 0 Å². The van der Waals surface area contributed by atoms with Crippen molar-refractivity contribution in [2.45, 2.75) is 39.8 Å². The van der Waals surface area contributed by atoms with E-state index in [2.05, 4.69) is 5.32 Å². The maximum absolute atomic E-state index is 12.1. The predicted molar refractivity (Wildman–Crippen MR) is 71.4 cm³/mol. The molecule has 1 fully saturated rings. The Morgan fingerprint density at radius 2 is 1.16 bits per heavy atom. The van der Waals surface area contributed by atoms with Gasteiger partial charge in [0, 0.05) is 12.1 Å². The van der Waals surface area contributed by atoms with Gasteiger partial charge >= 0.3 is 11.9 Å². The summed E-state index contributed by atoms with van der Waals surface area (Å²) < 4.78 is 9.76. The molecule has 1 heterocycles. The molecule has 1 saturated heterocycles. The lowest BCUT2D eigenvalue weighted by molar-refractivity contribution is -0.157. The molecule has 0 aromatic carbocycles. The van der Waals surface area contributed by atoms with Crippen molar-refractivity contribution >= 4 is 11.9 Å². The molecule has 0 radical (unpaired) electrons. The first-order chi connectivity index (χ1) is 8.84. The highest BCUT2D eigenvalue weighted by molar-refractivity contribution is 5.84. The van der Waals surface area contributed by atoms with Crippen LogP contribution in [0.4, 0.5) is 0 Å². The maximum atomic E-state index is 12.1. The molecule has 0 aromatic heterocycles. The molecule has 1 aliphatic rings. The monoisotopic (exact) mass is 271 g/mol. The molecule has 0 saturated carbocycles. The van der Waals surface area contributed by atoms with Gasteiger partial charge in [0.2, 0.25) is 0 Å². The molecular formula is C14H25NO4. The van der Waals surface area contributed by atoms with Crippen molar-refractivity contribution in [3.63, 3.8) is 0 Å². The third kappa shape index (κ3) is 3.08. The Bertz CT molecular complexity index is 308. The Labute approximate surface area is 115 Å². The first-order valence-corrected chi connectivity index (χ1v) is 6.76. The second-order valence-corrected chi connectivity index (χ2v) is 5.80. The van der Waals surface area contributed by atoms with Gasteiger partial charge in [-0.1, -0.05) is 27.7 Å². The molecule has 0 amide bonds. The third-order valence-corrected chi connectivity index (χ3v) is 3.93. The minimum Gasteiger partial charge on any atom is -0.469 e. The van der Waals surface area contributed by atoms with Crippen LogP contribution >= 0.6 is 0 Å². The van der Waals surface area contributed by atoms with Gasteiger partial charge in [-0.15, -0.1) is 0 Å². The van der Waals surface area contributed by atoms with Gasteiger partial charge in [0.25, 0.3) is 0 Å². The quantitative estimate of drug-likeness (QED) is 0.779. The van der Waals surface area contributed by atoms with E-state index in [1.54, 1.807) is 0 Å². The van der Waals surface area contributed by atoms with Crippen molar-refractivity contribution in [2.75, 3.05) is 14.2 Å². The molecule has 0 bridgehead atoms. The topological polar surface area (TPSA) is 64.6 Å². The van der Waals surface area contributed by atoms with Crippen LogP contribution in [0.3, 0.4) is 0 Å². The van der Waals surface area contributed by atoms with E-state index in [-0.39, 0.29) is 35.9 Å². The number of carbonyl (C=O) groups excluding carboxylic acids is 2. The summed E-state index contributed by atoms with van der Waals surface area (Å²) in [7, 11) is 2.72. The molecule has 5 nitrogen and oxygen atoms in total. The van der Waals surface area contributed by atoms with E-state index >= 15 is 0 Å². The van der Waals surface area contributed by atoms with E-state index in [9.17, 15) is 9.59 Å². The zero-order chi connectivity index (χ0) is 14.7. The summed E-state index contributed by atoms with van der Waals surface area (Å²) in [5.74, 6) is -1.18. The van der Waals surface area contributed by atoms with Crippen molar-refractivity contribution in [3.8, 4) is 0 Å². The van der Waals surface area contributed by atoms with Crippen molar-refractivity contribution in [1.82, 2.24) is 5.32 Å². The molecule has 4 atom stereocenters. The largest absolute Gasteiger partial charge is 0.469 e. The Balaban J connectivity index is 3.14. The van der Waals surface area contributed by atoms with E-state index in [0.29, 0.717) is 0 Å². The molecule has 1 rings (SSSR count). The number of methoxy groups -OCH3 is 2. The Hall–Kier alpha value is -1.10. The molecule has 0 aromatic rings. The molecule has 0 aliphatic carbocycles. The first-order valence-electron chi connectivity index (χ1n) is 6.76. The fraction of sp³-hybridized carbons (Fsp3) is 0.857. The summed E-state index contributed by atoms with van der Waals surface area (Å²) in [5, 5.41) is 3.42. The number of esters is 2. The van der Waals surface area contributed by atoms with Gasteiger partial charge in [-0.05, 0) is 11.8 Å². The number of hydrogen-bond acceptors (Lipinski definition) is 5. The van der Waals surface area contributed by atoms with E-state index in [4.69, 9.17) is 9.47 Å². The van der Waals surface area contributed by atoms with Gasteiger partial charge in [-0.2, -0.15) is 0 Å². The van der Waals surface area contributed by atoms with Crippen LogP contribution in [0.1, 0.15) is 27.7 Å². The van der Waals surface area contributed by atoms with Crippen LogP contribution in [-0.2, 0) is 19.1 Å². The van der Waals surface area contributed by atoms with Crippen LogP contribution in [0.5, 0.6) is 0 Å². The fourth-order valence-corrected chi connectivity index (χ4v) is 2.95. The second kappa shape index (κ2) is 6.37. The van der Waals surface area contributed by atoms with E-state index in [1.165, 1.54) is 14.2 Å².